The van der Waals surface area contributed by atoms with E-state index in [0.29, 0.717) is 0 Å². The summed E-state index contributed by atoms with van der Waals surface area (Å²) in [6.45, 7) is 0. The second-order valence-electron chi connectivity index (χ2n) is 2.76. The Morgan fingerprint density at radius 3 is 2.69 bits per heavy atom. The lowest BCUT2D eigenvalue weighted by atomic mass is 10.4. The number of thioether (sulfide) groups is 1. The molecule has 0 bridgehead atoms. The van der Waals surface area contributed by atoms with Gasteiger partial charge in [-0.25, -0.2) is 4.21 Å². The molecule has 1 unspecified atom stereocenters. The molecule has 1 aromatic rings. The van der Waals surface area contributed by atoms with E-state index in [1.165, 1.54) is 18.2 Å². The molecule has 0 spiro atoms. The molecular weight excluding hydrogens is 254 g/mol. The summed E-state index contributed by atoms with van der Waals surface area (Å²) in [5.74, 6) is -0.261. The molecule has 0 radical (unpaired) electrons. The number of carbonyl (C=O) groups excluding carboxylic acids is 2. The van der Waals surface area contributed by atoms with Crippen LogP contribution >= 0.6 is 11.8 Å². The first kappa shape index (κ1) is 11.1. The second-order valence-corrected chi connectivity index (χ2v) is 4.67. The Morgan fingerprint density at radius 1 is 1.44 bits per heavy atom. The van der Waals surface area contributed by atoms with E-state index in [1.807, 2.05) is 0 Å². The predicted octanol–water partition coefficient (Wildman–Crippen LogP) is 1.18. The van der Waals surface area contributed by atoms with Crippen LogP contribution in [0, 0.1) is 0 Å². The van der Waals surface area contributed by atoms with Gasteiger partial charge in [-0.05, 0) is 23.9 Å². The molecule has 2 rings (SSSR count). The first-order valence-electron chi connectivity index (χ1n) is 4.02. The fourth-order valence-corrected chi connectivity index (χ4v) is 2.07. The number of rotatable bonds is 2. The van der Waals surface area contributed by atoms with Crippen molar-refractivity contribution in [3.05, 3.63) is 22.8 Å². The minimum Gasteiger partial charge on any atom is -0.445 e. The molecule has 1 saturated heterocycles. The maximum atomic E-state index is 11.2. The molecule has 1 aliphatic rings. The molecule has 0 saturated carbocycles. The van der Waals surface area contributed by atoms with E-state index in [0.717, 1.165) is 11.8 Å². The lowest BCUT2D eigenvalue weighted by molar-refractivity contribution is -0.115. The Labute approximate surface area is 96.4 Å². The Hall–Kier alpha value is -1.38. The first-order valence-corrected chi connectivity index (χ1v) is 5.94. The third-order valence-electron chi connectivity index (χ3n) is 1.69. The molecule has 84 valence electrons. The average molecular weight is 259 g/mol. The van der Waals surface area contributed by atoms with Crippen molar-refractivity contribution in [1.29, 1.82) is 0 Å². The van der Waals surface area contributed by atoms with Crippen molar-refractivity contribution in [2.24, 2.45) is 0 Å². The van der Waals surface area contributed by atoms with Gasteiger partial charge in [-0.1, -0.05) is 0 Å². The molecule has 6 nitrogen and oxygen atoms in total. The lowest BCUT2D eigenvalue weighted by Gasteiger charge is -1.89. The van der Waals surface area contributed by atoms with E-state index in [4.69, 9.17) is 8.97 Å². The predicted molar refractivity (Wildman–Crippen MR) is 56.9 cm³/mol. The van der Waals surface area contributed by atoms with Crippen LogP contribution in [0.25, 0.3) is 6.08 Å². The van der Waals surface area contributed by atoms with Crippen molar-refractivity contribution in [1.82, 2.24) is 5.32 Å². The van der Waals surface area contributed by atoms with E-state index < -0.39 is 22.2 Å². The molecule has 1 atom stereocenters. The van der Waals surface area contributed by atoms with Crippen molar-refractivity contribution < 1.29 is 22.8 Å². The molecule has 2 amide bonds. The van der Waals surface area contributed by atoms with Crippen molar-refractivity contribution in [3.8, 4) is 0 Å². The van der Waals surface area contributed by atoms with Gasteiger partial charge in [-0.2, -0.15) is 0 Å². The van der Waals surface area contributed by atoms with Crippen molar-refractivity contribution >= 4 is 40.1 Å². The summed E-state index contributed by atoms with van der Waals surface area (Å²) >= 11 is -1.45. The number of imide groups is 1. The molecular formula is C8H5NO5S2. The van der Waals surface area contributed by atoms with Crippen molar-refractivity contribution in [2.45, 2.75) is 5.09 Å². The fraction of sp³-hybridized carbons (Fsp3) is 0. The summed E-state index contributed by atoms with van der Waals surface area (Å²) in [6.07, 6.45) is 1.33. The van der Waals surface area contributed by atoms with Crippen LogP contribution in [0.5, 0.6) is 0 Å². The molecule has 2 N–H and O–H groups in total. The molecule has 1 aromatic heterocycles. The summed E-state index contributed by atoms with van der Waals surface area (Å²) in [4.78, 5) is 22.2. The normalized spacial score (nSPS) is 20.2. The topological polar surface area (TPSA) is 96.6 Å². The Morgan fingerprint density at radius 2 is 2.19 bits per heavy atom. The fourth-order valence-electron chi connectivity index (χ4n) is 1.06. The summed E-state index contributed by atoms with van der Waals surface area (Å²) < 4.78 is 24.3. The van der Waals surface area contributed by atoms with Crippen LogP contribution in [0.4, 0.5) is 4.79 Å². The minimum absolute atomic E-state index is 0.110. The second kappa shape index (κ2) is 4.24. The Kier molecular flexibility index (Phi) is 2.95. The van der Waals surface area contributed by atoms with Gasteiger partial charge >= 0.3 is 0 Å². The van der Waals surface area contributed by atoms with Crippen LogP contribution < -0.4 is 5.32 Å². The molecule has 0 aliphatic carbocycles. The maximum Gasteiger partial charge on any atom is 0.290 e. The smallest absolute Gasteiger partial charge is 0.290 e. The van der Waals surface area contributed by atoms with Gasteiger partial charge in [0.15, 0.2) is 0 Å². The van der Waals surface area contributed by atoms with Crippen LogP contribution in [0.15, 0.2) is 26.5 Å². The van der Waals surface area contributed by atoms with Gasteiger partial charge in [0.1, 0.15) is 5.76 Å². The van der Waals surface area contributed by atoms with Crippen molar-refractivity contribution in [2.75, 3.05) is 0 Å². The number of hydrogen-bond acceptors (Lipinski definition) is 5. The zero-order valence-electron chi connectivity index (χ0n) is 7.63. The third kappa shape index (κ3) is 2.23. The zero-order chi connectivity index (χ0) is 11.7. The lowest BCUT2D eigenvalue weighted by Crippen LogP contribution is -2.17. The van der Waals surface area contributed by atoms with Crippen LogP contribution in [0.3, 0.4) is 0 Å². The third-order valence-corrected chi connectivity index (χ3v) is 3.06. The quantitative estimate of drug-likeness (QED) is 0.611. The van der Waals surface area contributed by atoms with Gasteiger partial charge in [0.2, 0.25) is 16.2 Å². The molecule has 1 aliphatic heterocycles. The first-order chi connectivity index (χ1) is 7.56. The van der Waals surface area contributed by atoms with Crippen LogP contribution in [-0.2, 0) is 15.9 Å². The molecule has 1 fully saturated rings. The zero-order valence-corrected chi connectivity index (χ0v) is 9.26. The number of furan rings is 1. The van der Waals surface area contributed by atoms with Gasteiger partial charge in [0.25, 0.3) is 11.1 Å². The molecule has 8 heteroatoms. The van der Waals surface area contributed by atoms with Crippen LogP contribution in [0.1, 0.15) is 5.76 Å². The number of carbonyl (C=O) groups is 2. The van der Waals surface area contributed by atoms with Crippen LogP contribution in [-0.4, -0.2) is 19.9 Å². The Bertz CT molecular complexity index is 518. The van der Waals surface area contributed by atoms with Gasteiger partial charge in [-0.15, -0.1) is 0 Å². The number of hydrogen-bond donors (Lipinski definition) is 2. The molecule has 16 heavy (non-hydrogen) atoms. The standard InChI is InChI=1S/C8H5NO5S2/c10-7-5(15-8(11)9-7)3-4-1-2-6(14-4)16(12)13/h1-3H,(H,12,13)(H,9,10,11)/b5-3-. The number of amides is 2. The largest absolute Gasteiger partial charge is 0.445 e. The van der Waals surface area contributed by atoms with Crippen molar-refractivity contribution in [3.63, 3.8) is 0 Å². The highest BCUT2D eigenvalue weighted by Gasteiger charge is 2.25. The summed E-state index contributed by atoms with van der Waals surface area (Å²) in [5, 5.41) is 1.52. The van der Waals surface area contributed by atoms with Gasteiger partial charge < -0.3 is 4.42 Å². The maximum absolute atomic E-state index is 11.2. The van der Waals surface area contributed by atoms with Gasteiger partial charge in [0.05, 0.1) is 4.91 Å². The van der Waals surface area contributed by atoms with E-state index in [1.54, 1.807) is 0 Å². The van der Waals surface area contributed by atoms with Gasteiger partial charge in [0, 0.05) is 6.08 Å². The molecule has 0 aromatic carbocycles. The summed E-state index contributed by atoms with van der Waals surface area (Å²) in [5.41, 5.74) is 0. The summed E-state index contributed by atoms with van der Waals surface area (Å²) in [7, 11) is 0. The summed E-state index contributed by atoms with van der Waals surface area (Å²) in [6, 6.07) is 2.76. The van der Waals surface area contributed by atoms with E-state index in [9.17, 15) is 13.8 Å². The van der Waals surface area contributed by atoms with E-state index >= 15 is 0 Å². The highest BCUT2D eigenvalue weighted by molar-refractivity contribution is 8.18. The Balaban J connectivity index is 2.26. The SMILES string of the molecule is O=C1NC(=O)/C(=C/c2ccc(S(=O)O)o2)S1. The minimum atomic E-state index is -2.20. The monoisotopic (exact) mass is 259 g/mol. The van der Waals surface area contributed by atoms with Crippen LogP contribution in [0.2, 0.25) is 0 Å². The highest BCUT2D eigenvalue weighted by Crippen LogP contribution is 2.26. The molecule has 2 heterocycles. The van der Waals surface area contributed by atoms with E-state index in [2.05, 4.69) is 5.32 Å². The van der Waals surface area contributed by atoms with Gasteiger partial charge in [-0.3, -0.25) is 19.5 Å². The average Bonchev–Trinajstić information content (AvgIpc) is 2.75. The highest BCUT2D eigenvalue weighted by atomic mass is 32.2. The number of nitrogens with one attached hydrogen (secondary N) is 1. The van der Waals surface area contributed by atoms with E-state index in [-0.39, 0.29) is 15.8 Å².